The highest BCUT2D eigenvalue weighted by atomic mass is 79.9. The summed E-state index contributed by atoms with van der Waals surface area (Å²) in [7, 11) is 7.18. The number of fused-ring (bicyclic) bond motifs is 1. The number of aromatic nitrogens is 2. The third kappa shape index (κ3) is 4.31. The Balaban J connectivity index is 2.32. The van der Waals surface area contributed by atoms with E-state index in [1.54, 1.807) is 36.4 Å². The predicted molar refractivity (Wildman–Crippen MR) is 142 cm³/mol. The van der Waals surface area contributed by atoms with Gasteiger partial charge in [0.2, 0.25) is 0 Å². The molecular weight excluding hydrogens is 546 g/mol. The van der Waals surface area contributed by atoms with Gasteiger partial charge in [-0.2, -0.15) is 0 Å². The lowest BCUT2D eigenvalue weighted by Crippen LogP contribution is -2.28. The van der Waals surface area contributed by atoms with E-state index in [4.69, 9.17) is 29.4 Å². The number of carbonyl (C=O) groups excluding carboxylic acids is 1. The fourth-order valence-corrected chi connectivity index (χ4v) is 4.77. The highest BCUT2D eigenvalue weighted by molar-refractivity contribution is 9.10. The minimum atomic E-state index is -0.778. The first-order valence-electron chi connectivity index (χ1n) is 10.9. The van der Waals surface area contributed by atoms with Crippen molar-refractivity contribution in [1.82, 2.24) is 9.55 Å². The van der Waals surface area contributed by atoms with Gasteiger partial charge in [0.15, 0.2) is 28.8 Å². The number of nitrogens with zero attached hydrogens (tertiary/aromatic N) is 2. The largest absolute Gasteiger partial charge is 0.493 e. The van der Waals surface area contributed by atoms with Gasteiger partial charge in [0, 0.05) is 17.1 Å². The van der Waals surface area contributed by atoms with Gasteiger partial charge in [-0.15, -0.1) is 0 Å². The molecule has 10 nitrogen and oxygen atoms in total. The summed E-state index contributed by atoms with van der Waals surface area (Å²) in [6.45, 7) is 0. The fourth-order valence-electron chi connectivity index (χ4n) is 4.17. The number of hydrogen-bond donors (Lipinski definition) is 1. The molecule has 0 fully saturated rings. The maximum atomic E-state index is 14.0. The number of hydrogen-bond acceptors (Lipinski definition) is 9. The van der Waals surface area contributed by atoms with Crippen molar-refractivity contribution in [2.24, 2.45) is 0 Å². The van der Waals surface area contributed by atoms with Crippen molar-refractivity contribution >= 4 is 38.4 Å². The van der Waals surface area contributed by atoms with Gasteiger partial charge >= 0.3 is 5.97 Å². The second-order valence-corrected chi connectivity index (χ2v) is 8.57. The van der Waals surface area contributed by atoms with Crippen molar-refractivity contribution < 1.29 is 28.5 Å². The number of esters is 1. The topological polar surface area (TPSA) is 124 Å². The van der Waals surface area contributed by atoms with E-state index in [0.717, 1.165) is 4.57 Å². The van der Waals surface area contributed by atoms with E-state index in [-0.39, 0.29) is 22.6 Å². The smallest absolute Gasteiger partial charge is 0.355 e. The van der Waals surface area contributed by atoms with Crippen LogP contribution in [0.5, 0.6) is 23.0 Å². The van der Waals surface area contributed by atoms with Crippen LogP contribution in [0.25, 0.3) is 27.7 Å². The Labute approximate surface area is 220 Å². The lowest BCUT2D eigenvalue weighted by Gasteiger charge is -2.21. The molecule has 2 heterocycles. The second-order valence-electron chi connectivity index (χ2n) is 7.72. The number of carbonyl (C=O) groups is 1. The van der Waals surface area contributed by atoms with Crippen LogP contribution in [0.4, 0.5) is 5.69 Å². The van der Waals surface area contributed by atoms with Gasteiger partial charge in [-0.05, 0) is 57.9 Å². The van der Waals surface area contributed by atoms with Gasteiger partial charge in [0.25, 0.3) is 5.56 Å². The Bertz CT molecular complexity index is 1580. The summed E-state index contributed by atoms with van der Waals surface area (Å²) in [4.78, 5) is 31.7. The minimum Gasteiger partial charge on any atom is -0.493 e. The molecule has 0 aliphatic carbocycles. The monoisotopic (exact) mass is 569 g/mol. The van der Waals surface area contributed by atoms with Crippen LogP contribution in [-0.2, 0) is 4.74 Å². The Hall–Kier alpha value is -4.25. The zero-order valence-electron chi connectivity index (χ0n) is 20.7. The van der Waals surface area contributed by atoms with Gasteiger partial charge in [-0.3, -0.25) is 9.36 Å². The predicted octanol–water partition coefficient (Wildman–Crippen LogP) is 4.22. The van der Waals surface area contributed by atoms with Crippen LogP contribution in [0, 0.1) is 0 Å². The zero-order valence-corrected chi connectivity index (χ0v) is 22.3. The Morgan fingerprint density at radius 2 is 1.57 bits per heavy atom. The van der Waals surface area contributed by atoms with E-state index < -0.39 is 11.5 Å². The average Bonchev–Trinajstić information content (AvgIpc) is 2.91. The van der Waals surface area contributed by atoms with Crippen molar-refractivity contribution in [2.45, 2.75) is 0 Å². The van der Waals surface area contributed by atoms with Crippen molar-refractivity contribution in [2.75, 3.05) is 41.3 Å². The summed E-state index contributed by atoms with van der Waals surface area (Å²) < 4.78 is 28.8. The number of methoxy groups -OCH3 is 5. The molecule has 0 atom stereocenters. The number of nitrogens with two attached hydrogens (primary N) is 1. The standard InChI is InChI=1S/C26H24BrN3O7/c1-33-18-11-14-15(12-19(18)34-2)25(31)30(24-17(28)7-6-8-29-24)22(26(32)37-5)21(14)13-9-16(27)23(36-4)20(10-13)35-3/h6-12H,28H2,1-5H3. The van der Waals surface area contributed by atoms with Crippen LogP contribution < -0.4 is 30.2 Å². The van der Waals surface area contributed by atoms with E-state index in [9.17, 15) is 9.59 Å². The van der Waals surface area contributed by atoms with Crippen LogP contribution >= 0.6 is 15.9 Å². The molecule has 11 heteroatoms. The van der Waals surface area contributed by atoms with E-state index in [0.29, 0.717) is 44.0 Å². The number of ether oxygens (including phenoxy) is 5. The molecule has 0 saturated carbocycles. The highest BCUT2D eigenvalue weighted by Gasteiger charge is 2.28. The highest BCUT2D eigenvalue weighted by Crippen LogP contribution is 2.44. The first kappa shape index (κ1) is 25.8. The van der Waals surface area contributed by atoms with Crippen molar-refractivity contribution in [3.05, 3.63) is 63.1 Å². The maximum Gasteiger partial charge on any atom is 0.355 e. The molecule has 2 aromatic carbocycles. The Morgan fingerprint density at radius 1 is 0.919 bits per heavy atom. The number of pyridine rings is 2. The first-order valence-corrected chi connectivity index (χ1v) is 11.7. The van der Waals surface area contributed by atoms with Crippen molar-refractivity contribution in [1.29, 1.82) is 0 Å². The number of nitrogen functional groups attached to an aromatic ring is 1. The molecule has 4 aromatic rings. The summed E-state index contributed by atoms with van der Waals surface area (Å²) in [5.41, 5.74) is 6.64. The van der Waals surface area contributed by atoms with Crippen LogP contribution in [0.3, 0.4) is 0 Å². The van der Waals surface area contributed by atoms with Crippen LogP contribution in [0.15, 0.2) is 51.9 Å². The van der Waals surface area contributed by atoms with E-state index in [1.807, 2.05) is 0 Å². The molecule has 0 saturated heterocycles. The number of halogens is 1. The number of benzene rings is 2. The summed E-state index contributed by atoms with van der Waals surface area (Å²) >= 11 is 3.51. The van der Waals surface area contributed by atoms with Gasteiger partial charge < -0.3 is 29.4 Å². The second kappa shape index (κ2) is 10.4. The quantitative estimate of drug-likeness (QED) is 0.325. The molecule has 0 unspecified atom stereocenters. The molecule has 2 N–H and O–H groups in total. The molecule has 0 spiro atoms. The first-order chi connectivity index (χ1) is 17.8. The van der Waals surface area contributed by atoms with E-state index in [1.165, 1.54) is 41.7 Å². The molecule has 0 radical (unpaired) electrons. The summed E-state index contributed by atoms with van der Waals surface area (Å²) in [5, 5.41) is 0.643. The lowest BCUT2D eigenvalue weighted by molar-refractivity contribution is 0.0591. The van der Waals surface area contributed by atoms with Crippen LogP contribution in [0.2, 0.25) is 0 Å². The van der Waals surface area contributed by atoms with Crippen molar-refractivity contribution in [3.63, 3.8) is 0 Å². The third-order valence-electron chi connectivity index (χ3n) is 5.82. The van der Waals surface area contributed by atoms with Gasteiger partial charge in [0.05, 0.1) is 51.1 Å². The molecule has 4 rings (SSSR count). The fraction of sp³-hybridized carbons (Fsp3) is 0.192. The number of rotatable bonds is 7. The van der Waals surface area contributed by atoms with Crippen LogP contribution in [0.1, 0.15) is 10.5 Å². The van der Waals surface area contributed by atoms with Gasteiger partial charge in [0.1, 0.15) is 5.69 Å². The molecule has 2 aromatic heterocycles. The van der Waals surface area contributed by atoms with Gasteiger partial charge in [-0.25, -0.2) is 9.78 Å². The molecule has 0 aliphatic rings. The molecule has 0 aliphatic heterocycles. The molecule has 37 heavy (non-hydrogen) atoms. The summed E-state index contributed by atoms with van der Waals surface area (Å²) in [5.74, 6) is 0.840. The normalized spacial score (nSPS) is 10.8. The molecule has 0 bridgehead atoms. The minimum absolute atomic E-state index is 0.0744. The zero-order chi connectivity index (χ0) is 26.9. The SMILES string of the molecule is COC(=O)c1c(-c2cc(Br)c(OC)c(OC)c2)c2cc(OC)c(OC)cc2c(=O)n1-c1ncccc1N. The Kier molecular flexibility index (Phi) is 7.25. The molecular formula is C26H24BrN3O7. The van der Waals surface area contributed by atoms with Crippen molar-refractivity contribution in [3.8, 4) is 39.9 Å². The van der Waals surface area contributed by atoms with Crippen LogP contribution in [-0.4, -0.2) is 51.1 Å². The molecule has 192 valence electrons. The Morgan fingerprint density at radius 3 is 2.14 bits per heavy atom. The van der Waals surface area contributed by atoms with Gasteiger partial charge in [-0.1, -0.05) is 0 Å². The third-order valence-corrected chi connectivity index (χ3v) is 6.41. The molecule has 0 amide bonds. The van der Waals surface area contributed by atoms with E-state index in [2.05, 4.69) is 20.9 Å². The van der Waals surface area contributed by atoms with E-state index >= 15 is 0 Å². The summed E-state index contributed by atoms with van der Waals surface area (Å²) in [6.07, 6.45) is 1.48. The number of anilines is 1. The summed E-state index contributed by atoms with van der Waals surface area (Å²) in [6, 6.07) is 9.83. The lowest BCUT2D eigenvalue weighted by atomic mass is 9.95. The maximum absolute atomic E-state index is 14.0. The average molecular weight is 570 g/mol.